The topological polar surface area (TPSA) is 57.5 Å². The van der Waals surface area contributed by atoms with Gasteiger partial charge in [-0.05, 0) is 18.8 Å². The second-order valence-electron chi connectivity index (χ2n) is 3.86. The molecule has 2 N–H and O–H groups in total. The summed E-state index contributed by atoms with van der Waals surface area (Å²) in [6.07, 6.45) is -1.40. The van der Waals surface area contributed by atoms with Crippen molar-refractivity contribution in [2.75, 3.05) is 0 Å². The number of alkyl halides is 2. The fraction of sp³-hybridized carbons (Fsp3) is 0.889. The van der Waals surface area contributed by atoms with Crippen LogP contribution in [0.4, 0.5) is 8.78 Å². The molecule has 0 aromatic heterocycles. The van der Waals surface area contributed by atoms with Crippen molar-refractivity contribution in [1.82, 2.24) is 0 Å². The number of carbonyl (C=O) groups is 1. The Morgan fingerprint density at radius 3 is 2.36 bits per heavy atom. The number of hydrogen-bond acceptors (Lipinski definition) is 2. The van der Waals surface area contributed by atoms with Gasteiger partial charge in [0.05, 0.1) is 12.5 Å². The lowest BCUT2D eigenvalue weighted by Gasteiger charge is -2.30. The van der Waals surface area contributed by atoms with Crippen molar-refractivity contribution >= 4 is 5.97 Å². The molecule has 5 heteroatoms. The largest absolute Gasteiger partial charge is 0.481 e. The first-order valence-corrected chi connectivity index (χ1v) is 4.68. The molecule has 0 aromatic rings. The van der Waals surface area contributed by atoms with Crippen LogP contribution in [-0.2, 0) is 4.79 Å². The summed E-state index contributed by atoms with van der Waals surface area (Å²) >= 11 is 0. The van der Waals surface area contributed by atoms with Crippen LogP contribution in [0.1, 0.15) is 32.1 Å². The van der Waals surface area contributed by atoms with Gasteiger partial charge in [-0.1, -0.05) is 0 Å². The zero-order valence-electron chi connectivity index (χ0n) is 7.75. The Labute approximate surface area is 80.7 Å². The van der Waals surface area contributed by atoms with E-state index in [4.69, 9.17) is 5.11 Å². The van der Waals surface area contributed by atoms with Crippen LogP contribution in [0.2, 0.25) is 0 Å². The highest BCUT2D eigenvalue weighted by Gasteiger charge is 2.37. The molecule has 1 unspecified atom stereocenters. The molecule has 0 spiro atoms. The van der Waals surface area contributed by atoms with Gasteiger partial charge in [-0.2, -0.15) is 0 Å². The van der Waals surface area contributed by atoms with Crippen molar-refractivity contribution in [3.05, 3.63) is 0 Å². The minimum atomic E-state index is -2.63. The van der Waals surface area contributed by atoms with Crippen LogP contribution in [0.3, 0.4) is 0 Å². The Hall–Kier alpha value is -0.710. The lowest BCUT2D eigenvalue weighted by atomic mass is 9.82. The quantitative estimate of drug-likeness (QED) is 0.741. The highest BCUT2D eigenvalue weighted by atomic mass is 19.3. The van der Waals surface area contributed by atoms with Crippen LogP contribution in [0, 0.1) is 5.92 Å². The number of carboxylic acids is 1. The molecule has 1 fully saturated rings. The van der Waals surface area contributed by atoms with E-state index in [2.05, 4.69) is 0 Å². The molecule has 1 aliphatic rings. The van der Waals surface area contributed by atoms with Crippen molar-refractivity contribution in [2.45, 2.75) is 44.1 Å². The predicted octanol–water partition coefficient (Wildman–Crippen LogP) is 1.65. The van der Waals surface area contributed by atoms with E-state index >= 15 is 0 Å². The SMILES string of the molecule is O=C(O)CC(O)C1CCC(F)(F)CC1. The maximum Gasteiger partial charge on any atom is 0.305 e. The number of rotatable bonds is 3. The summed E-state index contributed by atoms with van der Waals surface area (Å²) in [7, 11) is 0. The Bertz CT molecular complexity index is 208. The zero-order valence-corrected chi connectivity index (χ0v) is 7.75. The molecule has 0 aromatic carbocycles. The van der Waals surface area contributed by atoms with Gasteiger partial charge in [0.2, 0.25) is 5.92 Å². The van der Waals surface area contributed by atoms with E-state index in [9.17, 15) is 18.7 Å². The molecule has 0 radical (unpaired) electrons. The molecule has 3 nitrogen and oxygen atoms in total. The highest BCUT2D eigenvalue weighted by molar-refractivity contribution is 5.67. The van der Waals surface area contributed by atoms with Crippen molar-refractivity contribution in [1.29, 1.82) is 0 Å². The molecule has 0 saturated heterocycles. The molecule has 1 atom stereocenters. The van der Waals surface area contributed by atoms with Gasteiger partial charge >= 0.3 is 5.97 Å². The summed E-state index contributed by atoms with van der Waals surface area (Å²) in [6, 6.07) is 0. The number of aliphatic hydroxyl groups excluding tert-OH is 1. The molecule has 1 saturated carbocycles. The Kier molecular flexibility index (Phi) is 3.42. The van der Waals surface area contributed by atoms with Crippen molar-refractivity contribution < 1.29 is 23.8 Å². The van der Waals surface area contributed by atoms with E-state index in [1.807, 2.05) is 0 Å². The number of carboxylic acid groups (broad SMARTS) is 1. The monoisotopic (exact) mass is 208 g/mol. The van der Waals surface area contributed by atoms with Crippen LogP contribution in [0.15, 0.2) is 0 Å². The molecule has 0 amide bonds. The van der Waals surface area contributed by atoms with E-state index in [1.54, 1.807) is 0 Å². The molecular formula is C9H14F2O3. The molecule has 82 valence electrons. The first kappa shape index (κ1) is 11.4. The molecule has 1 rings (SSSR count). The van der Waals surface area contributed by atoms with Crippen molar-refractivity contribution in [3.63, 3.8) is 0 Å². The van der Waals surface area contributed by atoms with E-state index in [1.165, 1.54) is 0 Å². The second kappa shape index (κ2) is 4.21. The van der Waals surface area contributed by atoms with Crippen LogP contribution in [0.5, 0.6) is 0 Å². The normalized spacial score (nSPS) is 24.5. The molecule has 0 aliphatic heterocycles. The second-order valence-corrected chi connectivity index (χ2v) is 3.86. The van der Waals surface area contributed by atoms with Gasteiger partial charge < -0.3 is 10.2 Å². The summed E-state index contributed by atoms with van der Waals surface area (Å²) in [4.78, 5) is 10.3. The summed E-state index contributed by atoms with van der Waals surface area (Å²) in [5.74, 6) is -4.00. The average molecular weight is 208 g/mol. The molecule has 0 bridgehead atoms. The van der Waals surface area contributed by atoms with Gasteiger partial charge in [0, 0.05) is 12.8 Å². The maximum atomic E-state index is 12.7. The lowest BCUT2D eigenvalue weighted by Crippen LogP contribution is -2.32. The molecular weight excluding hydrogens is 194 g/mol. The van der Waals surface area contributed by atoms with Crippen molar-refractivity contribution in [3.8, 4) is 0 Å². The number of hydrogen-bond donors (Lipinski definition) is 2. The first-order chi connectivity index (χ1) is 6.41. The van der Waals surface area contributed by atoms with Crippen LogP contribution >= 0.6 is 0 Å². The van der Waals surface area contributed by atoms with Gasteiger partial charge in [-0.15, -0.1) is 0 Å². The molecule has 14 heavy (non-hydrogen) atoms. The number of aliphatic hydroxyl groups is 1. The summed E-state index contributed by atoms with van der Waals surface area (Å²) in [6.45, 7) is 0. The van der Waals surface area contributed by atoms with E-state index in [0.717, 1.165) is 0 Å². The number of aliphatic carboxylic acids is 1. The maximum absolute atomic E-state index is 12.7. The number of halogens is 2. The zero-order chi connectivity index (χ0) is 10.8. The third kappa shape index (κ3) is 3.21. The van der Waals surface area contributed by atoms with E-state index in [0.29, 0.717) is 0 Å². The van der Waals surface area contributed by atoms with Gasteiger partial charge in [0.15, 0.2) is 0 Å². The van der Waals surface area contributed by atoms with E-state index in [-0.39, 0.29) is 38.0 Å². The van der Waals surface area contributed by atoms with Gasteiger partial charge in [0.1, 0.15) is 0 Å². The first-order valence-electron chi connectivity index (χ1n) is 4.68. The van der Waals surface area contributed by atoms with Gasteiger partial charge in [-0.3, -0.25) is 4.79 Å². The Balaban J connectivity index is 2.37. The summed E-state index contributed by atoms with van der Waals surface area (Å²) in [5.41, 5.74) is 0. The third-order valence-electron chi connectivity index (χ3n) is 2.69. The third-order valence-corrected chi connectivity index (χ3v) is 2.69. The standard InChI is InChI=1S/C9H14F2O3/c10-9(11)3-1-6(2-4-9)7(12)5-8(13)14/h6-7,12H,1-5H2,(H,13,14). The lowest BCUT2D eigenvalue weighted by molar-refractivity contribution is -0.140. The Morgan fingerprint density at radius 2 is 1.93 bits per heavy atom. The fourth-order valence-corrected chi connectivity index (χ4v) is 1.79. The van der Waals surface area contributed by atoms with Crippen LogP contribution in [0.25, 0.3) is 0 Å². The smallest absolute Gasteiger partial charge is 0.305 e. The minimum absolute atomic E-state index is 0.210. The summed E-state index contributed by atoms with van der Waals surface area (Å²) < 4.78 is 25.4. The average Bonchev–Trinajstić information content (AvgIpc) is 2.02. The van der Waals surface area contributed by atoms with Crippen molar-refractivity contribution in [2.24, 2.45) is 5.92 Å². The van der Waals surface area contributed by atoms with E-state index < -0.39 is 18.0 Å². The van der Waals surface area contributed by atoms with Crippen LogP contribution < -0.4 is 0 Å². The Morgan fingerprint density at radius 1 is 1.43 bits per heavy atom. The highest BCUT2D eigenvalue weighted by Crippen LogP contribution is 2.37. The molecule has 1 aliphatic carbocycles. The predicted molar refractivity (Wildman–Crippen MR) is 45.2 cm³/mol. The van der Waals surface area contributed by atoms with Gasteiger partial charge in [-0.25, -0.2) is 8.78 Å². The molecule has 0 heterocycles. The van der Waals surface area contributed by atoms with Gasteiger partial charge in [0.25, 0.3) is 0 Å². The van der Waals surface area contributed by atoms with Crippen LogP contribution in [-0.4, -0.2) is 28.2 Å². The fourth-order valence-electron chi connectivity index (χ4n) is 1.79. The summed E-state index contributed by atoms with van der Waals surface area (Å²) in [5, 5.41) is 17.8. The minimum Gasteiger partial charge on any atom is -0.481 e.